The Morgan fingerprint density at radius 3 is 2.12 bits per heavy atom. The van der Waals surface area contributed by atoms with Crippen LogP contribution in [0.5, 0.6) is 0 Å². The maximum atomic E-state index is 12.2. The number of carbonyl (C=O) groups excluding carboxylic acids is 2. The molecule has 0 aliphatic heterocycles. The number of rotatable bonds is 10. The molecule has 0 spiro atoms. The number of alkyl carbamates (subject to hydrolysis) is 1. The zero-order chi connectivity index (χ0) is 24.0. The van der Waals surface area contributed by atoms with Crippen molar-refractivity contribution in [3.05, 3.63) is 59.7 Å². The highest BCUT2D eigenvalue weighted by molar-refractivity contribution is 5.84. The van der Waals surface area contributed by atoms with E-state index in [1.165, 1.54) is 0 Å². The molecule has 1 unspecified atom stereocenters. The lowest BCUT2D eigenvalue weighted by molar-refractivity contribution is -0.142. The Balaban J connectivity index is 1.46. The number of aliphatic hydroxyl groups excluding tert-OH is 1. The van der Waals surface area contributed by atoms with Gasteiger partial charge in [0.25, 0.3) is 0 Å². The van der Waals surface area contributed by atoms with Gasteiger partial charge in [0.05, 0.1) is 12.5 Å². The smallest absolute Gasteiger partial charge is 0.407 e. The Hall–Kier alpha value is -3.39. The van der Waals surface area contributed by atoms with E-state index in [1.54, 1.807) is 0 Å². The summed E-state index contributed by atoms with van der Waals surface area (Å²) in [7, 11) is 0. The quantitative estimate of drug-likeness (QED) is 0.438. The highest BCUT2D eigenvalue weighted by atomic mass is 16.5. The number of benzene rings is 2. The Labute approximate surface area is 193 Å². The molecule has 0 saturated carbocycles. The van der Waals surface area contributed by atoms with Crippen LogP contribution in [0.15, 0.2) is 48.5 Å². The van der Waals surface area contributed by atoms with Gasteiger partial charge in [-0.1, -0.05) is 62.4 Å². The van der Waals surface area contributed by atoms with E-state index in [9.17, 15) is 24.6 Å². The molecule has 3 rings (SSSR count). The molecular weight excluding hydrogens is 424 g/mol. The molecule has 0 bridgehead atoms. The number of ether oxygens (including phenoxy) is 1. The van der Waals surface area contributed by atoms with E-state index < -0.39 is 30.1 Å². The van der Waals surface area contributed by atoms with Crippen LogP contribution in [0.4, 0.5) is 4.79 Å². The van der Waals surface area contributed by atoms with Gasteiger partial charge in [0.2, 0.25) is 5.91 Å². The average Bonchev–Trinajstić information content (AvgIpc) is 3.09. The monoisotopic (exact) mass is 454 g/mol. The lowest BCUT2D eigenvalue weighted by atomic mass is 9.98. The van der Waals surface area contributed by atoms with Crippen molar-refractivity contribution in [3.63, 3.8) is 0 Å². The first-order valence-corrected chi connectivity index (χ1v) is 11.0. The summed E-state index contributed by atoms with van der Waals surface area (Å²) in [5.41, 5.74) is 4.44. The largest absolute Gasteiger partial charge is 0.480 e. The second-order valence-electron chi connectivity index (χ2n) is 8.65. The highest BCUT2D eigenvalue weighted by Crippen LogP contribution is 2.44. The first kappa shape index (κ1) is 24.3. The van der Waals surface area contributed by atoms with Crippen LogP contribution in [0.2, 0.25) is 0 Å². The van der Waals surface area contributed by atoms with Crippen molar-refractivity contribution < 1.29 is 29.3 Å². The van der Waals surface area contributed by atoms with Crippen molar-refractivity contribution in [2.75, 3.05) is 13.2 Å². The first-order chi connectivity index (χ1) is 15.8. The van der Waals surface area contributed by atoms with Crippen molar-refractivity contribution in [2.45, 2.75) is 44.8 Å². The molecular formula is C25H30N2O6. The third-order valence-electron chi connectivity index (χ3n) is 5.59. The molecule has 1 aliphatic carbocycles. The van der Waals surface area contributed by atoms with E-state index >= 15 is 0 Å². The van der Waals surface area contributed by atoms with Crippen LogP contribution in [-0.2, 0) is 14.3 Å². The van der Waals surface area contributed by atoms with Crippen LogP contribution < -0.4 is 10.6 Å². The Morgan fingerprint density at radius 1 is 1.00 bits per heavy atom. The number of aliphatic carboxylic acids is 1. The molecule has 4 N–H and O–H groups in total. The van der Waals surface area contributed by atoms with Gasteiger partial charge in [-0.05, 0) is 34.6 Å². The SMILES string of the molecule is CC(C)C[C@@H](NC(=O)CC(O)CNC(=O)OCC1c2ccccc2-c2ccccc21)C(=O)O. The van der Waals surface area contributed by atoms with Gasteiger partial charge in [0.15, 0.2) is 0 Å². The number of fused-ring (bicyclic) bond motifs is 3. The number of carboxylic acids is 1. The number of aliphatic hydroxyl groups is 1. The van der Waals surface area contributed by atoms with E-state index in [1.807, 2.05) is 62.4 Å². The average molecular weight is 455 g/mol. The zero-order valence-corrected chi connectivity index (χ0v) is 18.8. The molecule has 0 heterocycles. The maximum Gasteiger partial charge on any atom is 0.407 e. The Kier molecular flexibility index (Phi) is 8.06. The van der Waals surface area contributed by atoms with Gasteiger partial charge in [-0.3, -0.25) is 4.79 Å². The zero-order valence-electron chi connectivity index (χ0n) is 18.8. The minimum atomic E-state index is -1.17. The van der Waals surface area contributed by atoms with Gasteiger partial charge in [0, 0.05) is 12.5 Å². The fourth-order valence-electron chi connectivity index (χ4n) is 4.08. The van der Waals surface area contributed by atoms with Crippen LogP contribution >= 0.6 is 0 Å². The van der Waals surface area contributed by atoms with E-state index in [2.05, 4.69) is 10.6 Å². The topological polar surface area (TPSA) is 125 Å². The Bertz CT molecular complexity index is 960. The molecule has 0 fully saturated rings. The fourth-order valence-corrected chi connectivity index (χ4v) is 4.08. The van der Waals surface area contributed by atoms with E-state index in [-0.39, 0.29) is 37.8 Å². The molecule has 0 saturated heterocycles. The van der Waals surface area contributed by atoms with Gasteiger partial charge in [-0.2, -0.15) is 0 Å². The molecule has 8 nitrogen and oxygen atoms in total. The Morgan fingerprint density at radius 2 is 1.58 bits per heavy atom. The number of carbonyl (C=O) groups is 3. The molecule has 0 aromatic heterocycles. The highest BCUT2D eigenvalue weighted by Gasteiger charge is 2.29. The molecule has 2 atom stereocenters. The summed E-state index contributed by atoms with van der Waals surface area (Å²) in [5, 5.41) is 24.1. The number of nitrogens with one attached hydrogen (secondary N) is 2. The molecule has 33 heavy (non-hydrogen) atoms. The predicted molar refractivity (Wildman–Crippen MR) is 123 cm³/mol. The van der Waals surface area contributed by atoms with Crippen molar-refractivity contribution >= 4 is 18.0 Å². The van der Waals surface area contributed by atoms with Crippen LogP contribution in [0.3, 0.4) is 0 Å². The van der Waals surface area contributed by atoms with Gasteiger partial charge in [0.1, 0.15) is 12.6 Å². The van der Waals surface area contributed by atoms with E-state index in [0.717, 1.165) is 22.3 Å². The van der Waals surface area contributed by atoms with Crippen molar-refractivity contribution in [3.8, 4) is 11.1 Å². The minimum absolute atomic E-state index is 0.0761. The fraction of sp³-hybridized carbons (Fsp3) is 0.400. The molecule has 8 heteroatoms. The van der Waals surface area contributed by atoms with Crippen LogP contribution in [0.25, 0.3) is 11.1 Å². The number of hydrogen-bond acceptors (Lipinski definition) is 5. The lowest BCUT2D eigenvalue weighted by Gasteiger charge is -2.18. The summed E-state index contributed by atoms with van der Waals surface area (Å²) in [6.07, 6.45) is -1.90. The summed E-state index contributed by atoms with van der Waals surface area (Å²) < 4.78 is 5.40. The van der Waals surface area contributed by atoms with Gasteiger partial charge in [-0.15, -0.1) is 0 Å². The molecule has 1 aliphatic rings. The maximum absolute atomic E-state index is 12.2. The number of carboxylic acid groups (broad SMARTS) is 1. The van der Waals surface area contributed by atoms with E-state index in [0.29, 0.717) is 0 Å². The third kappa shape index (κ3) is 6.32. The summed E-state index contributed by atoms with van der Waals surface area (Å²) in [6, 6.07) is 15.0. The van der Waals surface area contributed by atoms with Gasteiger partial charge in [-0.25, -0.2) is 9.59 Å². The first-order valence-electron chi connectivity index (χ1n) is 11.0. The number of hydrogen-bond donors (Lipinski definition) is 4. The predicted octanol–water partition coefficient (Wildman–Crippen LogP) is 2.89. The van der Waals surface area contributed by atoms with Crippen LogP contribution in [0.1, 0.15) is 43.7 Å². The summed E-state index contributed by atoms with van der Waals surface area (Å²) >= 11 is 0. The van der Waals surface area contributed by atoms with Crippen molar-refractivity contribution in [2.24, 2.45) is 5.92 Å². The normalized spacial score (nSPS) is 14.2. The molecule has 2 amide bonds. The van der Waals surface area contributed by atoms with Gasteiger partial charge < -0.3 is 25.6 Å². The van der Waals surface area contributed by atoms with Crippen molar-refractivity contribution in [1.82, 2.24) is 10.6 Å². The van der Waals surface area contributed by atoms with Crippen molar-refractivity contribution in [1.29, 1.82) is 0 Å². The number of amides is 2. The lowest BCUT2D eigenvalue weighted by Crippen LogP contribution is -2.44. The molecule has 176 valence electrons. The third-order valence-corrected chi connectivity index (χ3v) is 5.59. The summed E-state index contributed by atoms with van der Waals surface area (Å²) in [6.45, 7) is 3.67. The second kappa shape index (κ2) is 11.0. The molecule has 0 radical (unpaired) electrons. The summed E-state index contributed by atoms with van der Waals surface area (Å²) in [4.78, 5) is 35.5. The van der Waals surface area contributed by atoms with E-state index in [4.69, 9.17) is 4.74 Å². The van der Waals surface area contributed by atoms with Gasteiger partial charge >= 0.3 is 12.1 Å². The molecule has 2 aromatic carbocycles. The minimum Gasteiger partial charge on any atom is -0.480 e. The summed E-state index contributed by atoms with van der Waals surface area (Å²) in [5.74, 6) is -1.70. The van der Waals surface area contributed by atoms with Crippen LogP contribution in [0, 0.1) is 5.92 Å². The van der Waals surface area contributed by atoms with Crippen LogP contribution in [-0.4, -0.2) is 53.5 Å². The standard InChI is InChI=1S/C25H30N2O6/c1-15(2)11-22(24(30)31)27-23(29)12-16(28)13-26-25(32)33-14-21-19-9-5-3-7-17(19)18-8-4-6-10-20(18)21/h3-10,15-16,21-22,28H,11-14H2,1-2H3,(H,26,32)(H,27,29)(H,30,31)/t16?,22-/m1/s1. The second-order valence-corrected chi connectivity index (χ2v) is 8.65. The molecule has 2 aromatic rings.